The molecule has 0 bridgehead atoms. The molecular formula is C29H26ClN5O5. The lowest BCUT2D eigenvalue weighted by Crippen LogP contribution is -2.32. The van der Waals surface area contributed by atoms with Gasteiger partial charge in [-0.2, -0.15) is 9.94 Å². The zero-order valence-corrected chi connectivity index (χ0v) is 23.0. The van der Waals surface area contributed by atoms with Gasteiger partial charge in [0.1, 0.15) is 11.6 Å². The number of benzene rings is 2. The molecule has 0 aliphatic rings. The molecule has 204 valence electrons. The molecule has 0 spiro atoms. The zero-order valence-electron chi connectivity index (χ0n) is 22.3. The van der Waals surface area contributed by atoms with E-state index in [0.29, 0.717) is 21.7 Å². The molecule has 0 saturated heterocycles. The fourth-order valence-corrected chi connectivity index (χ4v) is 4.39. The van der Waals surface area contributed by atoms with Gasteiger partial charge in [0.2, 0.25) is 0 Å². The molecule has 1 N–H and O–H groups in total. The summed E-state index contributed by atoms with van der Waals surface area (Å²) in [6.07, 6.45) is 2.00. The highest BCUT2D eigenvalue weighted by molar-refractivity contribution is 6.30. The molecule has 4 aromatic rings. The summed E-state index contributed by atoms with van der Waals surface area (Å²) in [5.74, 6) is -0.577. The number of nitrogens with one attached hydrogen (secondary N) is 1. The second-order valence-corrected chi connectivity index (χ2v) is 10.4. The summed E-state index contributed by atoms with van der Waals surface area (Å²) >= 11 is 6.08. The summed E-state index contributed by atoms with van der Waals surface area (Å²) in [5.41, 5.74) is 0.135. The molecule has 1 atom stereocenters. The maximum atomic E-state index is 13.2. The third-order valence-corrected chi connectivity index (χ3v) is 6.27. The first-order chi connectivity index (χ1) is 18.8. The third-order valence-electron chi connectivity index (χ3n) is 6.04. The van der Waals surface area contributed by atoms with Crippen molar-refractivity contribution >= 4 is 40.2 Å². The van der Waals surface area contributed by atoms with Gasteiger partial charge < -0.3 is 10.1 Å². The first kappa shape index (κ1) is 28.1. The summed E-state index contributed by atoms with van der Waals surface area (Å²) in [5, 5.41) is 12.8. The Kier molecular flexibility index (Phi) is 7.53. The Balaban J connectivity index is 1.66. The molecule has 4 rings (SSSR count). The molecule has 10 nitrogen and oxygen atoms in total. The van der Waals surface area contributed by atoms with Crippen LogP contribution in [-0.4, -0.2) is 31.5 Å². The number of nitriles is 1. The van der Waals surface area contributed by atoms with Gasteiger partial charge in [-0.25, -0.2) is 9.48 Å². The van der Waals surface area contributed by atoms with Crippen LogP contribution in [0.1, 0.15) is 32.4 Å². The van der Waals surface area contributed by atoms with E-state index < -0.39 is 34.8 Å². The van der Waals surface area contributed by atoms with Gasteiger partial charge >= 0.3 is 6.09 Å². The number of hydrogen-bond acceptors (Lipinski definition) is 6. The van der Waals surface area contributed by atoms with Crippen LogP contribution in [0.5, 0.6) is 0 Å². The van der Waals surface area contributed by atoms with E-state index in [2.05, 4.69) is 18.0 Å². The minimum absolute atomic E-state index is 0.242. The van der Waals surface area contributed by atoms with Gasteiger partial charge in [0, 0.05) is 35.6 Å². The van der Waals surface area contributed by atoms with E-state index in [1.54, 1.807) is 45.0 Å². The Bertz CT molecular complexity index is 1830. The van der Waals surface area contributed by atoms with Crippen LogP contribution in [0.4, 0.5) is 10.5 Å². The van der Waals surface area contributed by atoms with Crippen molar-refractivity contribution in [3.8, 4) is 17.2 Å². The van der Waals surface area contributed by atoms with Gasteiger partial charge in [-0.3, -0.25) is 19.0 Å². The lowest BCUT2D eigenvalue weighted by atomic mass is 10.0. The Morgan fingerprint density at radius 1 is 1.12 bits per heavy atom. The minimum atomic E-state index is -1.09. The number of rotatable bonds is 5. The number of halogens is 1. The topological polar surface area (TPSA) is 128 Å². The Hall–Kier alpha value is -4.88. The Morgan fingerprint density at radius 2 is 1.85 bits per heavy atom. The Labute approximate surface area is 234 Å². The van der Waals surface area contributed by atoms with E-state index in [9.17, 15) is 24.4 Å². The number of carbonyl (C=O) groups is 2. The molecule has 2 aromatic heterocycles. The average molecular weight is 560 g/mol. The second-order valence-electron chi connectivity index (χ2n) is 9.99. The molecule has 0 fully saturated rings. The summed E-state index contributed by atoms with van der Waals surface area (Å²) in [6.45, 7) is 8.84. The highest BCUT2D eigenvalue weighted by Crippen LogP contribution is 2.26. The van der Waals surface area contributed by atoms with E-state index in [-0.39, 0.29) is 16.6 Å². The second kappa shape index (κ2) is 10.7. The molecule has 1 amide bonds. The summed E-state index contributed by atoms with van der Waals surface area (Å²) in [6, 6.07) is 13.1. The zero-order chi connectivity index (χ0) is 29.4. The van der Waals surface area contributed by atoms with Gasteiger partial charge in [0.05, 0.1) is 22.5 Å². The van der Waals surface area contributed by atoms with Crippen molar-refractivity contribution in [1.29, 1.82) is 5.26 Å². The standard InChI is InChI=1S/C29H26ClN5O5/c1-6-23(34-12-11-17(13-25(34)36)22-14-19(30)8-7-18(22)16-31)26(37)32-20-9-10-21-24(15-20)35(33(5)27(21)38)28(39)40-29(2,3)4/h6-15,23H,1H2,2-5H3,(H,32,37). The van der Waals surface area contributed by atoms with Crippen LogP contribution in [-0.2, 0) is 16.6 Å². The minimum Gasteiger partial charge on any atom is -0.442 e. The number of aromatic nitrogens is 3. The van der Waals surface area contributed by atoms with Crippen molar-refractivity contribution < 1.29 is 14.3 Å². The van der Waals surface area contributed by atoms with Crippen molar-refractivity contribution in [2.75, 3.05) is 5.32 Å². The molecular weight excluding hydrogens is 534 g/mol. The van der Waals surface area contributed by atoms with Crippen molar-refractivity contribution in [1.82, 2.24) is 13.9 Å². The van der Waals surface area contributed by atoms with Crippen LogP contribution in [0, 0.1) is 11.3 Å². The Morgan fingerprint density at radius 3 is 2.48 bits per heavy atom. The smallest absolute Gasteiger partial charge is 0.434 e. The number of hydrogen-bond donors (Lipinski definition) is 1. The van der Waals surface area contributed by atoms with Gasteiger partial charge in [0.15, 0.2) is 0 Å². The van der Waals surface area contributed by atoms with Crippen LogP contribution in [0.2, 0.25) is 5.02 Å². The number of carbonyl (C=O) groups excluding carboxylic acids is 2. The number of nitrogens with zero attached hydrogens (tertiary/aromatic N) is 4. The van der Waals surface area contributed by atoms with E-state index in [0.717, 1.165) is 9.36 Å². The molecule has 2 heterocycles. The van der Waals surface area contributed by atoms with E-state index in [1.165, 1.54) is 48.2 Å². The average Bonchev–Trinajstić information content (AvgIpc) is 3.13. The van der Waals surface area contributed by atoms with Gasteiger partial charge in [-0.05, 0) is 68.8 Å². The van der Waals surface area contributed by atoms with Crippen LogP contribution in [0.3, 0.4) is 0 Å². The molecule has 0 radical (unpaired) electrons. The number of amides is 1. The fraction of sp³-hybridized carbons (Fsp3) is 0.207. The van der Waals surface area contributed by atoms with Crippen LogP contribution in [0.15, 0.2) is 77.0 Å². The quantitative estimate of drug-likeness (QED) is 0.348. The van der Waals surface area contributed by atoms with Gasteiger partial charge in [-0.15, -0.1) is 6.58 Å². The maximum Gasteiger partial charge on any atom is 0.434 e. The summed E-state index contributed by atoms with van der Waals surface area (Å²) in [4.78, 5) is 51.8. The molecule has 40 heavy (non-hydrogen) atoms. The molecule has 11 heteroatoms. The highest BCUT2D eigenvalue weighted by Gasteiger charge is 2.24. The van der Waals surface area contributed by atoms with E-state index >= 15 is 0 Å². The first-order valence-electron chi connectivity index (χ1n) is 12.2. The maximum absolute atomic E-state index is 13.2. The molecule has 0 aliphatic heterocycles. The molecule has 0 saturated carbocycles. The number of anilines is 1. The van der Waals surface area contributed by atoms with Crippen molar-refractivity contribution in [3.05, 3.63) is 98.7 Å². The predicted molar refractivity (Wildman–Crippen MR) is 153 cm³/mol. The third kappa shape index (κ3) is 5.46. The van der Waals surface area contributed by atoms with Crippen LogP contribution >= 0.6 is 11.6 Å². The summed E-state index contributed by atoms with van der Waals surface area (Å²) in [7, 11) is 1.44. The largest absolute Gasteiger partial charge is 0.442 e. The normalized spacial score (nSPS) is 12.0. The van der Waals surface area contributed by atoms with Gasteiger partial charge in [-0.1, -0.05) is 17.7 Å². The van der Waals surface area contributed by atoms with E-state index in [1.807, 2.05) is 0 Å². The molecule has 2 aromatic carbocycles. The number of ether oxygens (including phenoxy) is 1. The predicted octanol–water partition coefficient (Wildman–Crippen LogP) is 4.84. The SMILES string of the molecule is C=CC(C(=O)Nc1ccc2c(=O)n(C)n(C(=O)OC(C)(C)C)c2c1)n1ccc(-c2cc(Cl)ccc2C#N)cc1=O. The highest BCUT2D eigenvalue weighted by atomic mass is 35.5. The monoisotopic (exact) mass is 559 g/mol. The van der Waals surface area contributed by atoms with Gasteiger partial charge in [0.25, 0.3) is 17.0 Å². The summed E-state index contributed by atoms with van der Waals surface area (Å²) < 4.78 is 8.86. The van der Waals surface area contributed by atoms with Crippen molar-refractivity contribution in [2.45, 2.75) is 32.4 Å². The van der Waals surface area contributed by atoms with Crippen molar-refractivity contribution in [3.63, 3.8) is 0 Å². The number of fused-ring (bicyclic) bond motifs is 1. The lowest BCUT2D eigenvalue weighted by molar-refractivity contribution is -0.118. The van der Waals surface area contributed by atoms with Crippen LogP contribution < -0.4 is 16.4 Å². The first-order valence-corrected chi connectivity index (χ1v) is 12.5. The fourth-order valence-electron chi connectivity index (χ4n) is 4.22. The lowest BCUT2D eigenvalue weighted by Gasteiger charge is -2.20. The molecule has 0 aliphatic carbocycles. The molecule has 1 unspecified atom stereocenters. The van der Waals surface area contributed by atoms with E-state index in [4.69, 9.17) is 16.3 Å². The van der Waals surface area contributed by atoms with Crippen molar-refractivity contribution in [2.24, 2.45) is 7.05 Å². The van der Waals surface area contributed by atoms with Crippen LogP contribution in [0.25, 0.3) is 22.0 Å². The number of pyridine rings is 1.